The number of β-amino-alcohol motifs (C(OH)–C–C–N with tert-alkyl or cyclic N) is 1. The van der Waals surface area contributed by atoms with Gasteiger partial charge < -0.3 is 5.11 Å². The van der Waals surface area contributed by atoms with Crippen LogP contribution in [0.4, 0.5) is 0 Å². The summed E-state index contributed by atoms with van der Waals surface area (Å²) in [5.74, 6) is 0.606. The van der Waals surface area contributed by atoms with E-state index in [9.17, 15) is 5.11 Å². The van der Waals surface area contributed by atoms with Gasteiger partial charge in [-0.05, 0) is 43.5 Å². The summed E-state index contributed by atoms with van der Waals surface area (Å²) >= 11 is 0. The molecule has 2 aliphatic heterocycles. The zero-order valence-corrected chi connectivity index (χ0v) is 15.6. The van der Waals surface area contributed by atoms with E-state index in [1.165, 1.54) is 17.7 Å². The number of hydrogen-bond acceptors (Lipinski definition) is 4. The smallest absolute Gasteiger partial charge is 0.0558 e. The molecule has 0 spiro atoms. The second-order valence-corrected chi connectivity index (χ2v) is 7.93. The predicted octanol–water partition coefficient (Wildman–Crippen LogP) is 2.46. The third-order valence-electron chi connectivity index (χ3n) is 6.22. The van der Waals surface area contributed by atoms with Crippen LogP contribution in [-0.2, 0) is 12.0 Å². The number of pyridine rings is 1. The third-order valence-corrected chi connectivity index (χ3v) is 6.22. The van der Waals surface area contributed by atoms with Gasteiger partial charge in [-0.3, -0.25) is 14.8 Å². The highest BCUT2D eigenvalue weighted by Gasteiger charge is 2.49. The van der Waals surface area contributed by atoms with Crippen molar-refractivity contribution in [2.75, 3.05) is 39.3 Å². The first kappa shape index (κ1) is 17.7. The van der Waals surface area contributed by atoms with Gasteiger partial charge in [0.2, 0.25) is 0 Å². The van der Waals surface area contributed by atoms with E-state index in [-0.39, 0.29) is 12.0 Å². The Morgan fingerprint density at radius 3 is 2.65 bits per heavy atom. The lowest BCUT2D eigenvalue weighted by molar-refractivity contribution is 0.116. The molecule has 3 heterocycles. The summed E-state index contributed by atoms with van der Waals surface area (Å²) < 4.78 is 0. The Kier molecular flexibility index (Phi) is 5.07. The lowest BCUT2D eigenvalue weighted by Gasteiger charge is -2.44. The van der Waals surface area contributed by atoms with Crippen molar-refractivity contribution < 1.29 is 5.11 Å². The van der Waals surface area contributed by atoms with E-state index >= 15 is 0 Å². The normalized spacial score (nSPS) is 26.8. The van der Waals surface area contributed by atoms with Crippen LogP contribution in [0, 0.1) is 12.8 Å². The molecule has 4 heteroatoms. The summed E-state index contributed by atoms with van der Waals surface area (Å²) in [7, 11) is 0. The number of nitrogens with zero attached hydrogens (tertiary/aromatic N) is 3. The summed E-state index contributed by atoms with van der Waals surface area (Å²) in [4.78, 5) is 9.70. The van der Waals surface area contributed by atoms with Gasteiger partial charge in [0.05, 0.1) is 12.3 Å². The Balaban J connectivity index is 1.54. The lowest BCUT2D eigenvalue weighted by atomic mass is 9.68. The maximum absolute atomic E-state index is 9.43. The predicted molar refractivity (Wildman–Crippen MR) is 104 cm³/mol. The second kappa shape index (κ2) is 7.47. The molecule has 0 unspecified atom stereocenters. The molecule has 2 saturated heterocycles. The molecule has 4 nitrogen and oxygen atoms in total. The maximum Gasteiger partial charge on any atom is 0.0558 e. The van der Waals surface area contributed by atoms with Crippen molar-refractivity contribution in [3.8, 4) is 0 Å². The highest BCUT2D eigenvalue weighted by atomic mass is 16.3. The topological polar surface area (TPSA) is 39.6 Å². The summed E-state index contributed by atoms with van der Waals surface area (Å²) in [5.41, 5.74) is 3.96. The largest absolute Gasteiger partial charge is 0.395 e. The molecule has 1 N–H and O–H groups in total. The number of aromatic nitrogens is 1. The number of rotatable bonds is 5. The minimum atomic E-state index is 0.229. The van der Waals surface area contributed by atoms with Gasteiger partial charge in [-0.25, -0.2) is 0 Å². The number of aliphatic hydroxyl groups is 1. The van der Waals surface area contributed by atoms with Gasteiger partial charge in [-0.2, -0.15) is 0 Å². The molecule has 2 aromatic rings. The SMILES string of the molecule is Cc1cccc(CN2CC[C@]3(c4ccccc4)CN(CCO)C[C@@H]3C2)n1. The first-order valence-corrected chi connectivity index (χ1v) is 9.73. The van der Waals surface area contributed by atoms with E-state index in [0.717, 1.165) is 45.0 Å². The van der Waals surface area contributed by atoms with Crippen LogP contribution in [-0.4, -0.2) is 59.2 Å². The van der Waals surface area contributed by atoms with Crippen LogP contribution in [0.5, 0.6) is 0 Å². The van der Waals surface area contributed by atoms with E-state index in [2.05, 4.69) is 70.2 Å². The van der Waals surface area contributed by atoms with Crippen molar-refractivity contribution in [2.24, 2.45) is 5.92 Å². The second-order valence-electron chi connectivity index (χ2n) is 7.93. The van der Waals surface area contributed by atoms with Crippen LogP contribution >= 0.6 is 0 Å². The average molecular weight is 351 g/mol. The van der Waals surface area contributed by atoms with Gasteiger partial charge in [0, 0.05) is 43.8 Å². The monoisotopic (exact) mass is 351 g/mol. The van der Waals surface area contributed by atoms with Crippen LogP contribution in [0.1, 0.15) is 23.4 Å². The molecule has 4 rings (SSSR count). The maximum atomic E-state index is 9.43. The van der Waals surface area contributed by atoms with E-state index in [4.69, 9.17) is 0 Å². The van der Waals surface area contributed by atoms with E-state index in [0.29, 0.717) is 5.92 Å². The first-order chi connectivity index (χ1) is 12.7. The molecule has 0 bridgehead atoms. The molecule has 0 radical (unpaired) electrons. The molecule has 2 aliphatic rings. The molecular weight excluding hydrogens is 322 g/mol. The highest BCUT2D eigenvalue weighted by molar-refractivity contribution is 5.30. The number of piperidine rings is 1. The summed E-state index contributed by atoms with van der Waals surface area (Å²) in [6, 6.07) is 17.3. The van der Waals surface area contributed by atoms with Gasteiger partial charge in [0.15, 0.2) is 0 Å². The van der Waals surface area contributed by atoms with Crippen molar-refractivity contribution in [3.63, 3.8) is 0 Å². The molecule has 0 aliphatic carbocycles. The quantitative estimate of drug-likeness (QED) is 0.898. The van der Waals surface area contributed by atoms with Crippen LogP contribution in [0.15, 0.2) is 48.5 Å². The molecule has 2 atom stereocenters. The van der Waals surface area contributed by atoms with E-state index in [1.807, 2.05) is 0 Å². The molecule has 1 aromatic carbocycles. The number of aliphatic hydroxyl groups excluding tert-OH is 1. The molecular formula is C22H29N3O. The first-order valence-electron chi connectivity index (χ1n) is 9.73. The van der Waals surface area contributed by atoms with Crippen LogP contribution in [0.3, 0.4) is 0 Å². The number of aryl methyl sites for hydroxylation is 1. The summed E-state index contributed by atoms with van der Waals surface area (Å²) in [6.45, 7) is 8.37. The molecule has 2 fully saturated rings. The molecule has 26 heavy (non-hydrogen) atoms. The lowest BCUT2D eigenvalue weighted by Crippen LogP contribution is -2.49. The van der Waals surface area contributed by atoms with Crippen molar-refractivity contribution >= 4 is 0 Å². The zero-order valence-electron chi connectivity index (χ0n) is 15.6. The van der Waals surface area contributed by atoms with Gasteiger partial charge in [0.25, 0.3) is 0 Å². The number of hydrogen-bond donors (Lipinski definition) is 1. The molecule has 1 aromatic heterocycles. The number of benzene rings is 1. The van der Waals surface area contributed by atoms with Gasteiger partial charge in [-0.1, -0.05) is 36.4 Å². The summed E-state index contributed by atoms with van der Waals surface area (Å²) in [6.07, 6.45) is 1.18. The van der Waals surface area contributed by atoms with Crippen LogP contribution in [0.2, 0.25) is 0 Å². The Bertz CT molecular complexity index is 735. The van der Waals surface area contributed by atoms with Crippen molar-refractivity contribution in [3.05, 3.63) is 65.5 Å². The fraction of sp³-hybridized carbons (Fsp3) is 0.500. The molecule has 138 valence electrons. The molecule has 0 saturated carbocycles. The van der Waals surface area contributed by atoms with Crippen molar-refractivity contribution in [1.82, 2.24) is 14.8 Å². The van der Waals surface area contributed by atoms with Crippen LogP contribution in [0.25, 0.3) is 0 Å². The van der Waals surface area contributed by atoms with Crippen molar-refractivity contribution in [2.45, 2.75) is 25.3 Å². The Morgan fingerprint density at radius 1 is 1.08 bits per heavy atom. The zero-order chi connectivity index (χ0) is 18.0. The van der Waals surface area contributed by atoms with Gasteiger partial charge in [-0.15, -0.1) is 0 Å². The fourth-order valence-corrected chi connectivity index (χ4v) is 4.97. The van der Waals surface area contributed by atoms with Gasteiger partial charge >= 0.3 is 0 Å². The average Bonchev–Trinajstić information content (AvgIpc) is 3.01. The van der Waals surface area contributed by atoms with E-state index in [1.54, 1.807) is 0 Å². The van der Waals surface area contributed by atoms with Gasteiger partial charge in [0.1, 0.15) is 0 Å². The Hall–Kier alpha value is -1.75. The number of likely N-dealkylation sites (tertiary alicyclic amines) is 2. The highest BCUT2D eigenvalue weighted by Crippen LogP contribution is 2.45. The standard InChI is InChI=1S/C22H29N3O/c1-18-6-5-9-21(23-18)16-24-11-10-22(19-7-3-2-4-8-19)17-25(12-13-26)15-20(22)14-24/h2-9,20,26H,10-17H2,1H3/t20-,22+/m0/s1. The fourth-order valence-electron chi connectivity index (χ4n) is 4.97. The van der Waals surface area contributed by atoms with Crippen molar-refractivity contribution in [1.29, 1.82) is 0 Å². The third kappa shape index (κ3) is 3.41. The Labute approximate surface area is 156 Å². The minimum Gasteiger partial charge on any atom is -0.395 e. The summed E-state index contributed by atoms with van der Waals surface area (Å²) in [5, 5.41) is 9.43. The molecule has 0 amide bonds. The number of fused-ring (bicyclic) bond motifs is 1. The van der Waals surface area contributed by atoms with Crippen LogP contribution < -0.4 is 0 Å². The minimum absolute atomic E-state index is 0.229. The van der Waals surface area contributed by atoms with E-state index < -0.39 is 0 Å². The Morgan fingerprint density at radius 2 is 1.88 bits per heavy atom.